The van der Waals surface area contributed by atoms with E-state index in [1.54, 1.807) is 12.1 Å². The van der Waals surface area contributed by atoms with Crippen molar-refractivity contribution < 1.29 is 4.39 Å². The summed E-state index contributed by atoms with van der Waals surface area (Å²) >= 11 is 12.2. The molecule has 7 heteroatoms. The van der Waals surface area contributed by atoms with Crippen LogP contribution in [0.15, 0.2) is 42.7 Å². The summed E-state index contributed by atoms with van der Waals surface area (Å²) in [6.07, 6.45) is 8.42. The standard InChI is InChI=1S/C22H25Cl2FN4/c23-17-10-16(11-18(24)12-17)14-26-20-3-6-28(7-4-20)8-9-29-5-1-2-21-22(29)13-19(25)15-27-21/h1,5,10-13,15,20,26H,2-4,6-9,14H2. The van der Waals surface area contributed by atoms with Gasteiger partial charge in [-0.1, -0.05) is 29.3 Å². The van der Waals surface area contributed by atoms with Crippen LogP contribution in [0.1, 0.15) is 24.1 Å². The highest BCUT2D eigenvalue weighted by molar-refractivity contribution is 6.34. The van der Waals surface area contributed by atoms with Crippen LogP contribution in [-0.4, -0.2) is 42.1 Å². The first-order valence-corrected chi connectivity index (χ1v) is 10.8. The Labute approximate surface area is 181 Å². The van der Waals surface area contributed by atoms with Crippen LogP contribution in [0.2, 0.25) is 10.0 Å². The monoisotopic (exact) mass is 434 g/mol. The lowest BCUT2D eigenvalue weighted by Crippen LogP contribution is -2.44. The van der Waals surface area contributed by atoms with Gasteiger partial charge in [-0.25, -0.2) is 4.39 Å². The average molecular weight is 435 g/mol. The Balaban J connectivity index is 1.23. The minimum Gasteiger partial charge on any atom is -0.345 e. The zero-order valence-corrected chi connectivity index (χ0v) is 17.8. The van der Waals surface area contributed by atoms with E-state index in [2.05, 4.69) is 26.2 Å². The number of nitrogens with zero attached hydrogens (tertiary/aromatic N) is 3. The first kappa shape index (κ1) is 20.6. The SMILES string of the molecule is Fc1cnc2c(c1)N(CCN1CCC(NCc3cc(Cl)cc(Cl)c3)CC1)C=CC2. The molecule has 2 aliphatic heterocycles. The molecule has 2 aromatic rings. The van der Waals surface area contributed by atoms with Crippen LogP contribution in [0.5, 0.6) is 0 Å². The molecule has 0 radical (unpaired) electrons. The quantitative estimate of drug-likeness (QED) is 0.716. The molecule has 0 aliphatic carbocycles. The Morgan fingerprint density at radius 1 is 1.07 bits per heavy atom. The van der Waals surface area contributed by atoms with Crippen molar-refractivity contribution in [3.63, 3.8) is 0 Å². The van der Waals surface area contributed by atoms with Gasteiger partial charge in [-0.2, -0.15) is 0 Å². The molecule has 0 bridgehead atoms. The van der Waals surface area contributed by atoms with E-state index >= 15 is 0 Å². The van der Waals surface area contributed by atoms with Crippen molar-refractivity contribution in [2.24, 2.45) is 0 Å². The second-order valence-electron chi connectivity index (χ2n) is 7.68. The summed E-state index contributed by atoms with van der Waals surface area (Å²) in [4.78, 5) is 8.81. The maximum Gasteiger partial charge on any atom is 0.143 e. The lowest BCUT2D eigenvalue weighted by molar-refractivity contribution is 0.201. The van der Waals surface area contributed by atoms with Crippen LogP contribution in [0.25, 0.3) is 0 Å². The number of halogens is 3. The normalized spacial score (nSPS) is 17.6. The van der Waals surface area contributed by atoms with E-state index in [-0.39, 0.29) is 5.82 Å². The van der Waals surface area contributed by atoms with Gasteiger partial charge in [0.2, 0.25) is 0 Å². The molecule has 0 saturated carbocycles. The maximum atomic E-state index is 13.6. The van der Waals surface area contributed by atoms with Gasteiger partial charge in [-0.15, -0.1) is 0 Å². The molecule has 2 aliphatic rings. The highest BCUT2D eigenvalue weighted by Crippen LogP contribution is 2.25. The summed E-state index contributed by atoms with van der Waals surface area (Å²) in [6, 6.07) is 7.75. The van der Waals surface area contributed by atoms with Gasteiger partial charge in [-0.05, 0) is 49.7 Å². The third-order valence-electron chi connectivity index (χ3n) is 5.58. The molecule has 1 fully saturated rings. The van der Waals surface area contributed by atoms with E-state index < -0.39 is 0 Å². The Morgan fingerprint density at radius 3 is 2.59 bits per heavy atom. The van der Waals surface area contributed by atoms with E-state index in [0.717, 1.165) is 68.9 Å². The fraction of sp³-hybridized carbons (Fsp3) is 0.409. The molecular weight excluding hydrogens is 410 g/mol. The Bertz CT molecular complexity index is 861. The number of rotatable bonds is 6. The number of benzene rings is 1. The van der Waals surface area contributed by atoms with Crippen molar-refractivity contribution in [2.45, 2.75) is 31.8 Å². The third-order valence-corrected chi connectivity index (χ3v) is 6.02. The number of nitrogens with one attached hydrogen (secondary N) is 1. The number of aromatic nitrogens is 1. The molecule has 0 atom stereocenters. The predicted octanol–water partition coefficient (Wildman–Crippen LogP) is 4.66. The average Bonchev–Trinajstić information content (AvgIpc) is 2.71. The van der Waals surface area contributed by atoms with Crippen molar-refractivity contribution in [3.05, 3.63) is 69.9 Å². The van der Waals surface area contributed by atoms with Gasteiger partial charge in [0, 0.05) is 54.4 Å². The number of allylic oxidation sites excluding steroid dienone is 1. The molecule has 29 heavy (non-hydrogen) atoms. The summed E-state index contributed by atoms with van der Waals surface area (Å²) in [5.41, 5.74) is 2.95. The minimum absolute atomic E-state index is 0.281. The lowest BCUT2D eigenvalue weighted by atomic mass is 10.0. The van der Waals surface area contributed by atoms with Crippen molar-refractivity contribution in [1.82, 2.24) is 15.2 Å². The van der Waals surface area contributed by atoms with Gasteiger partial charge in [0.25, 0.3) is 0 Å². The predicted molar refractivity (Wildman–Crippen MR) is 117 cm³/mol. The number of pyridine rings is 1. The van der Waals surface area contributed by atoms with Crippen molar-refractivity contribution in [2.75, 3.05) is 31.1 Å². The highest BCUT2D eigenvalue weighted by Gasteiger charge is 2.20. The zero-order valence-electron chi connectivity index (χ0n) is 16.3. The van der Waals surface area contributed by atoms with Crippen molar-refractivity contribution >= 4 is 28.9 Å². The van der Waals surface area contributed by atoms with Crippen molar-refractivity contribution in [3.8, 4) is 0 Å². The molecule has 1 aromatic carbocycles. The maximum absolute atomic E-state index is 13.6. The summed E-state index contributed by atoms with van der Waals surface area (Å²) in [5, 5.41) is 4.97. The molecule has 1 N–H and O–H groups in total. The van der Waals surface area contributed by atoms with Gasteiger partial charge in [0.1, 0.15) is 5.82 Å². The largest absolute Gasteiger partial charge is 0.345 e. The summed E-state index contributed by atoms with van der Waals surface area (Å²) in [7, 11) is 0. The second kappa shape index (κ2) is 9.43. The van der Waals surface area contributed by atoms with Crippen molar-refractivity contribution in [1.29, 1.82) is 0 Å². The summed E-state index contributed by atoms with van der Waals surface area (Å²) < 4.78 is 13.6. The number of fused-ring (bicyclic) bond motifs is 1. The molecule has 0 spiro atoms. The smallest absolute Gasteiger partial charge is 0.143 e. The Kier molecular flexibility index (Phi) is 6.70. The molecular formula is C22H25Cl2FN4. The Morgan fingerprint density at radius 2 is 1.83 bits per heavy atom. The van der Waals surface area contributed by atoms with Gasteiger partial charge in [0.15, 0.2) is 0 Å². The second-order valence-corrected chi connectivity index (χ2v) is 8.55. The molecule has 1 aromatic heterocycles. The molecule has 4 rings (SSSR count). The topological polar surface area (TPSA) is 31.4 Å². The van der Waals surface area contributed by atoms with Crippen LogP contribution in [-0.2, 0) is 13.0 Å². The Hall–Kier alpha value is -1.66. The van der Waals surface area contributed by atoms with Gasteiger partial charge < -0.3 is 15.1 Å². The zero-order chi connectivity index (χ0) is 20.2. The van der Waals surface area contributed by atoms with Crippen LogP contribution < -0.4 is 10.2 Å². The highest BCUT2D eigenvalue weighted by atomic mass is 35.5. The molecule has 1 saturated heterocycles. The van der Waals surface area contributed by atoms with E-state index in [4.69, 9.17) is 23.2 Å². The number of hydrogen-bond donors (Lipinski definition) is 1. The molecule has 3 heterocycles. The number of anilines is 1. The lowest BCUT2D eigenvalue weighted by Gasteiger charge is -2.34. The molecule has 0 unspecified atom stereocenters. The van der Waals surface area contributed by atoms with E-state index in [1.807, 2.05) is 18.3 Å². The van der Waals surface area contributed by atoms with Gasteiger partial charge >= 0.3 is 0 Å². The summed E-state index contributed by atoms with van der Waals surface area (Å²) in [6.45, 7) is 4.68. The fourth-order valence-corrected chi connectivity index (χ4v) is 4.59. The first-order chi connectivity index (χ1) is 14.1. The van der Waals surface area contributed by atoms with Crippen LogP contribution in [0.3, 0.4) is 0 Å². The van der Waals surface area contributed by atoms with Crippen LogP contribution in [0, 0.1) is 5.82 Å². The van der Waals surface area contributed by atoms with Gasteiger partial charge in [-0.3, -0.25) is 4.98 Å². The van der Waals surface area contributed by atoms with E-state index in [0.29, 0.717) is 16.1 Å². The fourth-order valence-electron chi connectivity index (χ4n) is 4.01. The first-order valence-electron chi connectivity index (χ1n) is 10.1. The molecule has 0 amide bonds. The summed E-state index contributed by atoms with van der Waals surface area (Å²) in [5.74, 6) is -0.281. The van der Waals surface area contributed by atoms with E-state index in [1.165, 1.54) is 6.20 Å². The molecule has 154 valence electrons. The number of likely N-dealkylation sites (tertiary alicyclic amines) is 1. The minimum atomic E-state index is -0.281. The van der Waals surface area contributed by atoms with Crippen LogP contribution in [0.4, 0.5) is 10.1 Å². The van der Waals surface area contributed by atoms with E-state index in [9.17, 15) is 4.39 Å². The van der Waals surface area contributed by atoms with Crippen LogP contribution >= 0.6 is 23.2 Å². The number of hydrogen-bond acceptors (Lipinski definition) is 4. The number of piperidine rings is 1. The third kappa shape index (κ3) is 5.48. The molecule has 4 nitrogen and oxygen atoms in total. The van der Waals surface area contributed by atoms with Gasteiger partial charge in [0.05, 0.1) is 17.6 Å².